The van der Waals surface area contributed by atoms with Gasteiger partial charge >= 0.3 is 0 Å². The van der Waals surface area contributed by atoms with Gasteiger partial charge in [-0.05, 0) is 48.9 Å². The predicted molar refractivity (Wildman–Crippen MR) is 110 cm³/mol. The maximum absolute atomic E-state index is 13.1. The van der Waals surface area contributed by atoms with Crippen LogP contribution in [0.25, 0.3) is 0 Å². The minimum Gasteiger partial charge on any atom is -0.280 e. The smallest absolute Gasteiger partial charge is 0.235 e. The SMILES string of the molecule is CCCCCC/C=C/CC(=O)N1c2ccccc2CCc2ccccc21. The largest absolute Gasteiger partial charge is 0.280 e. The van der Waals surface area contributed by atoms with Crippen LogP contribution < -0.4 is 4.90 Å². The summed E-state index contributed by atoms with van der Waals surface area (Å²) in [5.41, 5.74) is 4.58. The molecular weight excluding hydrogens is 318 g/mol. The monoisotopic (exact) mass is 347 g/mol. The van der Waals surface area contributed by atoms with Crippen molar-refractivity contribution in [3.8, 4) is 0 Å². The zero-order valence-corrected chi connectivity index (χ0v) is 15.8. The third-order valence-corrected chi connectivity index (χ3v) is 5.06. The summed E-state index contributed by atoms with van der Waals surface area (Å²) in [5.74, 6) is 0.150. The van der Waals surface area contributed by atoms with Gasteiger partial charge in [0.15, 0.2) is 0 Å². The van der Waals surface area contributed by atoms with Crippen molar-refractivity contribution in [1.29, 1.82) is 0 Å². The highest BCUT2D eigenvalue weighted by Crippen LogP contribution is 2.36. The summed E-state index contributed by atoms with van der Waals surface area (Å²) in [6.07, 6.45) is 12.7. The van der Waals surface area contributed by atoms with Crippen molar-refractivity contribution in [1.82, 2.24) is 0 Å². The zero-order valence-electron chi connectivity index (χ0n) is 15.8. The molecule has 0 spiro atoms. The van der Waals surface area contributed by atoms with Crippen LogP contribution in [0.4, 0.5) is 11.4 Å². The average Bonchev–Trinajstić information content (AvgIpc) is 2.84. The molecule has 1 heterocycles. The molecule has 0 saturated heterocycles. The van der Waals surface area contributed by atoms with Gasteiger partial charge in [-0.3, -0.25) is 9.69 Å². The first-order valence-electron chi connectivity index (χ1n) is 9.95. The fourth-order valence-electron chi connectivity index (χ4n) is 3.63. The number of nitrogens with zero attached hydrogens (tertiary/aromatic N) is 1. The minimum atomic E-state index is 0.150. The molecule has 0 saturated carbocycles. The normalized spacial score (nSPS) is 13.3. The van der Waals surface area contributed by atoms with Gasteiger partial charge < -0.3 is 0 Å². The number of para-hydroxylation sites is 2. The summed E-state index contributed by atoms with van der Waals surface area (Å²) in [7, 11) is 0. The number of fused-ring (bicyclic) bond motifs is 2. The molecule has 2 heteroatoms. The second kappa shape index (κ2) is 9.38. The van der Waals surface area contributed by atoms with E-state index in [4.69, 9.17) is 0 Å². The predicted octanol–water partition coefficient (Wildman–Crippen LogP) is 6.37. The molecule has 0 radical (unpaired) electrons. The lowest BCUT2D eigenvalue weighted by molar-refractivity contribution is -0.117. The minimum absolute atomic E-state index is 0.150. The first-order chi connectivity index (χ1) is 12.8. The van der Waals surface area contributed by atoms with Gasteiger partial charge in [0.2, 0.25) is 5.91 Å². The van der Waals surface area contributed by atoms with Gasteiger partial charge in [-0.2, -0.15) is 0 Å². The lowest BCUT2D eigenvalue weighted by Gasteiger charge is -2.24. The standard InChI is InChI=1S/C24H29NO/c1-2-3-4-5-6-7-8-17-24(26)25-22-15-11-9-13-20(22)18-19-21-14-10-12-16-23(21)25/h7-16H,2-6,17-19H2,1H3/b8-7+. The van der Waals surface area contributed by atoms with Crippen LogP contribution in [0.2, 0.25) is 0 Å². The van der Waals surface area contributed by atoms with Crippen LogP contribution >= 0.6 is 0 Å². The molecule has 0 fully saturated rings. The molecule has 0 bridgehead atoms. The van der Waals surface area contributed by atoms with Gasteiger partial charge in [0.1, 0.15) is 0 Å². The van der Waals surface area contributed by atoms with Crippen molar-refractivity contribution in [2.75, 3.05) is 4.90 Å². The van der Waals surface area contributed by atoms with E-state index < -0.39 is 0 Å². The number of carbonyl (C=O) groups is 1. The van der Waals surface area contributed by atoms with Crippen LogP contribution in [0, 0.1) is 0 Å². The molecule has 2 nitrogen and oxygen atoms in total. The van der Waals surface area contributed by atoms with E-state index in [1.54, 1.807) is 0 Å². The Hall–Kier alpha value is -2.35. The fourth-order valence-corrected chi connectivity index (χ4v) is 3.63. The Kier molecular flexibility index (Phi) is 6.65. The Morgan fingerprint density at radius 3 is 2.12 bits per heavy atom. The fraction of sp³-hybridized carbons (Fsp3) is 0.375. The molecule has 136 valence electrons. The molecule has 0 aromatic heterocycles. The third-order valence-electron chi connectivity index (χ3n) is 5.06. The van der Waals surface area contributed by atoms with E-state index in [1.807, 2.05) is 23.1 Å². The Balaban J connectivity index is 1.75. The number of aryl methyl sites for hydroxylation is 2. The molecule has 2 aromatic rings. The first-order valence-corrected chi connectivity index (χ1v) is 9.95. The highest BCUT2D eigenvalue weighted by Gasteiger charge is 2.24. The van der Waals surface area contributed by atoms with Crippen molar-refractivity contribution in [3.05, 3.63) is 71.8 Å². The molecular formula is C24H29NO. The highest BCUT2D eigenvalue weighted by atomic mass is 16.2. The van der Waals surface area contributed by atoms with E-state index in [-0.39, 0.29) is 5.91 Å². The van der Waals surface area contributed by atoms with Crippen LogP contribution in [0.1, 0.15) is 56.6 Å². The second-order valence-electron chi connectivity index (χ2n) is 7.01. The number of carbonyl (C=O) groups excluding carboxylic acids is 1. The molecule has 1 aliphatic rings. The van der Waals surface area contributed by atoms with Gasteiger partial charge in [-0.15, -0.1) is 0 Å². The summed E-state index contributed by atoms with van der Waals surface area (Å²) >= 11 is 0. The lowest BCUT2D eigenvalue weighted by Crippen LogP contribution is -2.26. The summed E-state index contributed by atoms with van der Waals surface area (Å²) < 4.78 is 0. The molecule has 26 heavy (non-hydrogen) atoms. The summed E-state index contributed by atoms with van der Waals surface area (Å²) in [6.45, 7) is 2.23. The number of hydrogen-bond acceptors (Lipinski definition) is 1. The Morgan fingerprint density at radius 2 is 1.50 bits per heavy atom. The van der Waals surface area contributed by atoms with Crippen molar-refractivity contribution >= 4 is 17.3 Å². The number of hydrogen-bond donors (Lipinski definition) is 0. The van der Waals surface area contributed by atoms with Gasteiger partial charge in [-0.25, -0.2) is 0 Å². The van der Waals surface area contributed by atoms with Crippen molar-refractivity contribution < 1.29 is 4.79 Å². The molecule has 0 unspecified atom stereocenters. The van der Waals surface area contributed by atoms with E-state index in [0.29, 0.717) is 6.42 Å². The zero-order chi connectivity index (χ0) is 18.2. The quantitative estimate of drug-likeness (QED) is 0.421. The second-order valence-corrected chi connectivity index (χ2v) is 7.01. The number of amides is 1. The third kappa shape index (κ3) is 4.43. The number of anilines is 2. The van der Waals surface area contributed by atoms with Gasteiger partial charge in [0.05, 0.1) is 11.4 Å². The van der Waals surface area contributed by atoms with Gasteiger partial charge in [0, 0.05) is 6.42 Å². The first kappa shape index (κ1) is 18.4. The van der Waals surface area contributed by atoms with E-state index in [2.05, 4.69) is 49.4 Å². The Bertz CT molecular complexity index is 715. The number of unbranched alkanes of at least 4 members (excludes halogenated alkanes) is 4. The van der Waals surface area contributed by atoms with E-state index >= 15 is 0 Å². The van der Waals surface area contributed by atoms with Crippen LogP contribution in [0.15, 0.2) is 60.7 Å². The number of allylic oxidation sites excluding steroid dienone is 1. The number of rotatable bonds is 7. The van der Waals surface area contributed by atoms with E-state index in [0.717, 1.165) is 30.6 Å². The molecule has 0 aliphatic carbocycles. The summed E-state index contributed by atoms with van der Waals surface area (Å²) in [6, 6.07) is 16.6. The molecule has 3 rings (SSSR count). The van der Waals surface area contributed by atoms with Crippen LogP contribution in [0.3, 0.4) is 0 Å². The Labute approximate surface area is 157 Å². The van der Waals surface area contributed by atoms with Crippen LogP contribution in [-0.2, 0) is 17.6 Å². The maximum Gasteiger partial charge on any atom is 0.235 e. The van der Waals surface area contributed by atoms with Gasteiger partial charge in [0.25, 0.3) is 0 Å². The van der Waals surface area contributed by atoms with E-state index in [1.165, 1.54) is 36.8 Å². The maximum atomic E-state index is 13.1. The molecule has 0 N–H and O–H groups in total. The Morgan fingerprint density at radius 1 is 0.885 bits per heavy atom. The average molecular weight is 348 g/mol. The topological polar surface area (TPSA) is 20.3 Å². The van der Waals surface area contributed by atoms with Crippen molar-refractivity contribution in [2.24, 2.45) is 0 Å². The lowest BCUT2D eigenvalue weighted by atomic mass is 10.0. The van der Waals surface area contributed by atoms with Gasteiger partial charge in [-0.1, -0.05) is 74.7 Å². The van der Waals surface area contributed by atoms with Crippen molar-refractivity contribution in [2.45, 2.75) is 58.3 Å². The summed E-state index contributed by atoms with van der Waals surface area (Å²) in [4.78, 5) is 15.0. The van der Waals surface area contributed by atoms with E-state index in [9.17, 15) is 4.79 Å². The summed E-state index contributed by atoms with van der Waals surface area (Å²) in [5, 5.41) is 0. The molecule has 2 aromatic carbocycles. The molecule has 1 aliphatic heterocycles. The van der Waals surface area contributed by atoms with Crippen LogP contribution in [0.5, 0.6) is 0 Å². The molecule has 1 amide bonds. The molecule has 0 atom stereocenters. The number of benzene rings is 2. The van der Waals surface area contributed by atoms with Crippen molar-refractivity contribution in [3.63, 3.8) is 0 Å². The van der Waals surface area contributed by atoms with Crippen LogP contribution in [-0.4, -0.2) is 5.91 Å². The highest BCUT2D eigenvalue weighted by molar-refractivity contribution is 6.02.